The third-order valence-corrected chi connectivity index (χ3v) is 4.80. The van der Waals surface area contributed by atoms with Crippen LogP contribution in [0.25, 0.3) is 11.3 Å². The van der Waals surface area contributed by atoms with Crippen LogP contribution >= 0.6 is 0 Å². The lowest BCUT2D eigenvalue weighted by atomic mass is 10.1. The number of benzene rings is 2. The number of nitrogens with two attached hydrogens (primary N) is 2. The highest BCUT2D eigenvalue weighted by molar-refractivity contribution is 5.92. The molecule has 1 heterocycles. The van der Waals surface area contributed by atoms with E-state index in [1.54, 1.807) is 18.2 Å². The predicted octanol–water partition coefficient (Wildman–Crippen LogP) is 3.36. The number of nitrogens with one attached hydrogen (secondary N) is 2. The summed E-state index contributed by atoms with van der Waals surface area (Å²) in [5.74, 6) is 5.91. The molecule has 3 aromatic rings. The molecule has 0 radical (unpaired) electrons. The van der Waals surface area contributed by atoms with Crippen LogP contribution in [0.1, 0.15) is 36.6 Å². The fraction of sp³-hybridized carbons (Fsp3) is 0.167. The average molecular weight is 447 g/mol. The molecule has 2 aromatic carbocycles. The van der Waals surface area contributed by atoms with E-state index in [9.17, 15) is 4.79 Å². The molecule has 0 bridgehead atoms. The minimum atomic E-state index is -0.334. The summed E-state index contributed by atoms with van der Waals surface area (Å²) in [5, 5.41) is 19.1. The first-order chi connectivity index (χ1) is 15.9. The highest BCUT2D eigenvalue weighted by atomic mass is 16.6. The number of hydrogen-bond acceptors (Lipinski definition) is 8. The summed E-state index contributed by atoms with van der Waals surface area (Å²) in [6, 6.07) is 16.3. The van der Waals surface area contributed by atoms with Crippen molar-refractivity contribution in [1.82, 2.24) is 15.5 Å². The molecule has 170 valence electrons. The molecule has 1 aromatic heterocycles. The van der Waals surface area contributed by atoms with E-state index in [0.717, 1.165) is 23.2 Å². The van der Waals surface area contributed by atoms with E-state index in [1.807, 2.05) is 36.4 Å². The van der Waals surface area contributed by atoms with E-state index in [0.29, 0.717) is 28.5 Å². The maximum atomic E-state index is 11.7. The van der Waals surface area contributed by atoms with Gasteiger partial charge >= 0.3 is 0 Å². The van der Waals surface area contributed by atoms with Crippen LogP contribution in [0, 0.1) is 5.41 Å². The fourth-order valence-corrected chi connectivity index (χ4v) is 2.96. The molecule has 0 fully saturated rings. The summed E-state index contributed by atoms with van der Waals surface area (Å²) in [6.45, 7) is 4.34. The number of carbonyl (C=O) groups excluding carboxylic acids is 1. The molecule has 0 aliphatic rings. The zero-order valence-electron chi connectivity index (χ0n) is 18.4. The van der Waals surface area contributed by atoms with Gasteiger partial charge in [-0.3, -0.25) is 10.2 Å². The van der Waals surface area contributed by atoms with Crippen molar-refractivity contribution in [3.8, 4) is 22.8 Å². The van der Waals surface area contributed by atoms with Crippen molar-refractivity contribution in [3.63, 3.8) is 0 Å². The first-order valence-corrected chi connectivity index (χ1v) is 10.3. The Hall–Kier alpha value is -4.24. The Bertz CT molecular complexity index is 1140. The van der Waals surface area contributed by atoms with Gasteiger partial charge in [-0.25, -0.2) is 0 Å². The standard InChI is InChI=1S/C24H26N6O3/c1-15(2)20-9-10-21(30-29-20)16-5-7-19(8-6-16)32-22-13-17(24(26)33-27)3-4-18(22)14-28-23(31)11-12-25/h3-13,15,26H,14,25,27H2,1-2H3,(H,28,31)/b12-11-,26-24?. The lowest BCUT2D eigenvalue weighted by Crippen LogP contribution is -2.21. The summed E-state index contributed by atoms with van der Waals surface area (Å²) >= 11 is 0. The Morgan fingerprint density at radius 1 is 1.12 bits per heavy atom. The Morgan fingerprint density at radius 3 is 2.48 bits per heavy atom. The first-order valence-electron chi connectivity index (χ1n) is 10.3. The zero-order valence-corrected chi connectivity index (χ0v) is 18.4. The molecule has 6 N–H and O–H groups in total. The van der Waals surface area contributed by atoms with Crippen LogP contribution in [0.4, 0.5) is 0 Å². The monoisotopic (exact) mass is 446 g/mol. The summed E-state index contributed by atoms with van der Waals surface area (Å²) in [6.07, 6.45) is 2.39. The van der Waals surface area contributed by atoms with Crippen LogP contribution in [0.3, 0.4) is 0 Å². The van der Waals surface area contributed by atoms with Gasteiger partial charge in [0.05, 0.1) is 11.4 Å². The SMILES string of the molecule is CC(C)c1ccc(-c2ccc(Oc3cc(C(=N)ON)ccc3CNC(=O)/C=C\N)cc2)nn1. The topological polar surface area (TPSA) is 149 Å². The van der Waals surface area contributed by atoms with Crippen molar-refractivity contribution in [2.45, 2.75) is 26.3 Å². The van der Waals surface area contributed by atoms with Crippen LogP contribution in [-0.4, -0.2) is 22.0 Å². The van der Waals surface area contributed by atoms with E-state index in [1.165, 1.54) is 6.08 Å². The molecule has 0 atom stereocenters. The molecular weight excluding hydrogens is 420 g/mol. The van der Waals surface area contributed by atoms with Crippen LogP contribution in [0.15, 0.2) is 66.9 Å². The van der Waals surface area contributed by atoms with Crippen LogP contribution in [0.5, 0.6) is 11.5 Å². The van der Waals surface area contributed by atoms with Crippen LogP contribution < -0.4 is 21.7 Å². The normalized spacial score (nSPS) is 10.9. The number of ether oxygens (including phenoxy) is 1. The van der Waals surface area contributed by atoms with Gasteiger partial charge in [0, 0.05) is 29.3 Å². The molecule has 0 saturated carbocycles. The lowest BCUT2D eigenvalue weighted by Gasteiger charge is -2.14. The van der Waals surface area contributed by atoms with Crippen molar-refractivity contribution in [3.05, 3.63) is 83.7 Å². The van der Waals surface area contributed by atoms with Gasteiger partial charge in [0.15, 0.2) is 0 Å². The van der Waals surface area contributed by atoms with Crippen molar-refractivity contribution in [2.24, 2.45) is 11.6 Å². The molecule has 1 amide bonds. The van der Waals surface area contributed by atoms with Crippen molar-refractivity contribution in [1.29, 1.82) is 5.41 Å². The van der Waals surface area contributed by atoms with Gasteiger partial charge in [0.2, 0.25) is 11.8 Å². The Balaban J connectivity index is 1.82. The second-order valence-electron chi connectivity index (χ2n) is 7.47. The quantitative estimate of drug-likeness (QED) is 0.179. The number of aromatic nitrogens is 2. The molecule has 0 saturated heterocycles. The van der Waals surface area contributed by atoms with Gasteiger partial charge in [0.1, 0.15) is 11.5 Å². The van der Waals surface area contributed by atoms with Gasteiger partial charge in [0.25, 0.3) is 0 Å². The molecule has 3 rings (SSSR count). The van der Waals surface area contributed by atoms with Gasteiger partial charge in [-0.2, -0.15) is 16.1 Å². The maximum Gasteiger partial charge on any atom is 0.245 e. The predicted molar refractivity (Wildman–Crippen MR) is 125 cm³/mol. The van der Waals surface area contributed by atoms with E-state index in [4.69, 9.17) is 21.8 Å². The largest absolute Gasteiger partial charge is 0.457 e. The van der Waals surface area contributed by atoms with Gasteiger partial charge in [-0.15, -0.1) is 0 Å². The summed E-state index contributed by atoms with van der Waals surface area (Å²) in [5.41, 5.74) is 8.98. The van der Waals surface area contributed by atoms with Gasteiger partial charge < -0.3 is 20.6 Å². The second-order valence-corrected chi connectivity index (χ2v) is 7.47. The number of carbonyl (C=O) groups is 1. The van der Waals surface area contributed by atoms with Crippen molar-refractivity contribution >= 4 is 11.8 Å². The van der Waals surface area contributed by atoms with Gasteiger partial charge in [-0.05, 0) is 60.6 Å². The van der Waals surface area contributed by atoms with E-state index in [-0.39, 0.29) is 18.3 Å². The third-order valence-electron chi connectivity index (χ3n) is 4.80. The Kier molecular flexibility index (Phi) is 7.72. The molecule has 9 heteroatoms. The highest BCUT2D eigenvalue weighted by Gasteiger charge is 2.12. The summed E-state index contributed by atoms with van der Waals surface area (Å²) in [7, 11) is 0. The smallest absolute Gasteiger partial charge is 0.245 e. The molecular formula is C24H26N6O3. The summed E-state index contributed by atoms with van der Waals surface area (Å²) < 4.78 is 6.06. The van der Waals surface area contributed by atoms with Crippen molar-refractivity contribution < 1.29 is 14.4 Å². The van der Waals surface area contributed by atoms with Crippen LogP contribution in [0.2, 0.25) is 0 Å². The fourth-order valence-electron chi connectivity index (χ4n) is 2.96. The molecule has 33 heavy (non-hydrogen) atoms. The minimum Gasteiger partial charge on any atom is -0.457 e. The van der Waals surface area contributed by atoms with E-state index >= 15 is 0 Å². The highest BCUT2D eigenvalue weighted by Crippen LogP contribution is 2.29. The minimum absolute atomic E-state index is 0.200. The number of nitrogens with zero attached hydrogens (tertiary/aromatic N) is 2. The number of amides is 1. The Morgan fingerprint density at radius 2 is 1.88 bits per heavy atom. The average Bonchev–Trinajstić information content (AvgIpc) is 2.83. The maximum absolute atomic E-state index is 11.7. The number of rotatable bonds is 8. The molecule has 0 spiro atoms. The van der Waals surface area contributed by atoms with Crippen molar-refractivity contribution in [2.75, 3.05) is 0 Å². The zero-order chi connectivity index (χ0) is 23.8. The molecule has 0 unspecified atom stereocenters. The Labute approximate surface area is 191 Å². The second kappa shape index (κ2) is 10.9. The third kappa shape index (κ3) is 6.14. The summed E-state index contributed by atoms with van der Waals surface area (Å²) in [4.78, 5) is 16.3. The lowest BCUT2D eigenvalue weighted by molar-refractivity contribution is -0.116. The molecule has 9 nitrogen and oxygen atoms in total. The number of hydrogen-bond donors (Lipinski definition) is 4. The van der Waals surface area contributed by atoms with Crippen LogP contribution in [-0.2, 0) is 16.2 Å². The first kappa shape index (κ1) is 23.4. The molecule has 0 aliphatic carbocycles. The van der Waals surface area contributed by atoms with E-state index < -0.39 is 0 Å². The molecule has 0 aliphatic heterocycles. The van der Waals surface area contributed by atoms with E-state index in [2.05, 4.69) is 34.2 Å². The van der Waals surface area contributed by atoms with Gasteiger partial charge in [-0.1, -0.05) is 19.9 Å².